The van der Waals surface area contributed by atoms with E-state index in [1.165, 1.54) is 6.92 Å². The standard InChI is InChI=1S/C9H8BrClO2/c1-5(12)4-6-2-3-7(10)8(11)9(6)13/h2-3,13H,4H2,1H3. The zero-order valence-electron chi connectivity index (χ0n) is 6.97. The van der Waals surface area contributed by atoms with E-state index in [1.807, 2.05) is 0 Å². The van der Waals surface area contributed by atoms with Crippen LogP contribution in [-0.4, -0.2) is 10.9 Å². The van der Waals surface area contributed by atoms with Crippen molar-refractivity contribution in [2.45, 2.75) is 13.3 Å². The summed E-state index contributed by atoms with van der Waals surface area (Å²) in [6.45, 7) is 1.47. The third-order valence-corrected chi connectivity index (χ3v) is 2.86. The normalized spacial score (nSPS) is 10.1. The number of rotatable bonds is 2. The van der Waals surface area contributed by atoms with Gasteiger partial charge in [-0.2, -0.15) is 0 Å². The van der Waals surface area contributed by atoms with E-state index in [1.54, 1.807) is 12.1 Å². The summed E-state index contributed by atoms with van der Waals surface area (Å²) in [5.74, 6) is -0.0278. The fourth-order valence-electron chi connectivity index (χ4n) is 0.991. The summed E-state index contributed by atoms with van der Waals surface area (Å²) in [7, 11) is 0. The molecule has 1 N–H and O–H groups in total. The minimum Gasteiger partial charge on any atom is -0.506 e. The Morgan fingerprint density at radius 3 is 2.77 bits per heavy atom. The molecule has 4 heteroatoms. The molecule has 2 nitrogen and oxygen atoms in total. The maximum Gasteiger partial charge on any atom is 0.138 e. The summed E-state index contributed by atoms with van der Waals surface area (Å²) in [4.78, 5) is 10.8. The Kier molecular flexibility index (Phi) is 3.33. The smallest absolute Gasteiger partial charge is 0.138 e. The summed E-state index contributed by atoms with van der Waals surface area (Å²) >= 11 is 8.93. The Hall–Kier alpha value is -0.540. The van der Waals surface area contributed by atoms with Crippen molar-refractivity contribution in [2.75, 3.05) is 0 Å². The molecule has 70 valence electrons. The highest BCUT2D eigenvalue weighted by atomic mass is 79.9. The summed E-state index contributed by atoms with van der Waals surface area (Å²) in [6, 6.07) is 3.38. The number of ketones is 1. The van der Waals surface area contributed by atoms with E-state index in [4.69, 9.17) is 11.6 Å². The highest BCUT2D eigenvalue weighted by Gasteiger charge is 2.10. The van der Waals surface area contributed by atoms with E-state index in [-0.39, 0.29) is 23.0 Å². The maximum atomic E-state index is 10.8. The molecule has 0 aliphatic rings. The van der Waals surface area contributed by atoms with Gasteiger partial charge in [-0.3, -0.25) is 4.79 Å². The average Bonchev–Trinajstić information content (AvgIpc) is 2.06. The van der Waals surface area contributed by atoms with Crippen LogP contribution in [-0.2, 0) is 11.2 Å². The molecule has 0 unspecified atom stereocenters. The molecule has 0 saturated heterocycles. The minimum absolute atomic E-state index is 0.00584. The molecule has 0 aliphatic heterocycles. The van der Waals surface area contributed by atoms with Crippen molar-refractivity contribution in [1.29, 1.82) is 0 Å². The lowest BCUT2D eigenvalue weighted by atomic mass is 10.1. The number of phenols is 1. The van der Waals surface area contributed by atoms with Gasteiger partial charge in [-0.05, 0) is 28.9 Å². The zero-order valence-corrected chi connectivity index (χ0v) is 9.32. The van der Waals surface area contributed by atoms with Gasteiger partial charge in [-0.1, -0.05) is 17.7 Å². The zero-order chi connectivity index (χ0) is 10.0. The van der Waals surface area contributed by atoms with Crippen LogP contribution in [0.3, 0.4) is 0 Å². The number of hydrogen-bond acceptors (Lipinski definition) is 2. The predicted molar refractivity (Wildman–Crippen MR) is 55.2 cm³/mol. The number of carbonyl (C=O) groups excluding carboxylic acids is 1. The average molecular weight is 264 g/mol. The fourth-order valence-corrected chi connectivity index (χ4v) is 1.50. The summed E-state index contributed by atoms with van der Waals surface area (Å²) in [5, 5.41) is 9.76. The Labute approximate surface area is 89.7 Å². The highest BCUT2D eigenvalue weighted by molar-refractivity contribution is 9.10. The highest BCUT2D eigenvalue weighted by Crippen LogP contribution is 2.34. The van der Waals surface area contributed by atoms with Gasteiger partial charge in [0.05, 0.1) is 5.02 Å². The topological polar surface area (TPSA) is 37.3 Å². The van der Waals surface area contributed by atoms with Gasteiger partial charge >= 0.3 is 0 Å². The predicted octanol–water partition coefficient (Wildman–Crippen LogP) is 2.94. The fraction of sp³-hybridized carbons (Fsp3) is 0.222. The number of carbonyl (C=O) groups is 1. The SMILES string of the molecule is CC(=O)Cc1ccc(Br)c(Cl)c1O. The lowest BCUT2D eigenvalue weighted by molar-refractivity contribution is -0.116. The van der Waals surface area contributed by atoms with Crippen LogP contribution in [0.5, 0.6) is 5.75 Å². The molecular formula is C9H8BrClO2. The molecule has 1 rings (SSSR count). The van der Waals surface area contributed by atoms with Crippen LogP contribution in [0.1, 0.15) is 12.5 Å². The third-order valence-electron chi connectivity index (χ3n) is 1.59. The number of aromatic hydroxyl groups is 1. The maximum absolute atomic E-state index is 10.8. The van der Waals surface area contributed by atoms with Gasteiger partial charge < -0.3 is 5.11 Å². The number of hydrogen-bond donors (Lipinski definition) is 1. The molecule has 0 aliphatic carbocycles. The first-order valence-corrected chi connectivity index (χ1v) is 4.84. The van der Waals surface area contributed by atoms with Crippen LogP contribution in [0.4, 0.5) is 0 Å². The van der Waals surface area contributed by atoms with Crippen LogP contribution >= 0.6 is 27.5 Å². The van der Waals surface area contributed by atoms with Crippen molar-refractivity contribution in [3.05, 3.63) is 27.2 Å². The lowest BCUT2D eigenvalue weighted by Crippen LogP contribution is -1.96. The molecule has 13 heavy (non-hydrogen) atoms. The van der Waals surface area contributed by atoms with Gasteiger partial charge in [-0.25, -0.2) is 0 Å². The van der Waals surface area contributed by atoms with Gasteiger partial charge in [-0.15, -0.1) is 0 Å². The molecule has 0 bridgehead atoms. The van der Waals surface area contributed by atoms with Gasteiger partial charge in [0.25, 0.3) is 0 Å². The molecule has 0 aromatic heterocycles. The molecule has 0 radical (unpaired) electrons. The molecule has 1 aromatic carbocycles. The van der Waals surface area contributed by atoms with Crippen LogP contribution in [0.2, 0.25) is 5.02 Å². The van der Waals surface area contributed by atoms with Crippen molar-refractivity contribution < 1.29 is 9.90 Å². The van der Waals surface area contributed by atoms with E-state index in [0.717, 1.165) is 0 Å². The van der Waals surface area contributed by atoms with Crippen molar-refractivity contribution in [1.82, 2.24) is 0 Å². The molecule has 0 atom stereocenters. The van der Waals surface area contributed by atoms with E-state index < -0.39 is 0 Å². The van der Waals surface area contributed by atoms with E-state index in [9.17, 15) is 9.90 Å². The van der Waals surface area contributed by atoms with Gasteiger partial charge in [0.2, 0.25) is 0 Å². The van der Waals surface area contributed by atoms with Crippen molar-refractivity contribution >= 4 is 33.3 Å². The van der Waals surface area contributed by atoms with Crippen LogP contribution in [0.25, 0.3) is 0 Å². The number of Topliss-reactive ketones (excluding diaryl/α,β-unsaturated/α-hetero) is 1. The van der Waals surface area contributed by atoms with Crippen LogP contribution in [0.15, 0.2) is 16.6 Å². The minimum atomic E-state index is -0.0220. The molecule has 0 amide bonds. The van der Waals surface area contributed by atoms with Gasteiger partial charge in [0, 0.05) is 16.5 Å². The van der Waals surface area contributed by atoms with Crippen molar-refractivity contribution in [2.24, 2.45) is 0 Å². The van der Waals surface area contributed by atoms with Crippen molar-refractivity contribution in [3.8, 4) is 5.75 Å². The molecule has 1 aromatic rings. The first-order valence-electron chi connectivity index (χ1n) is 3.67. The largest absolute Gasteiger partial charge is 0.506 e. The first kappa shape index (κ1) is 10.5. The number of benzene rings is 1. The first-order chi connectivity index (χ1) is 6.02. The van der Waals surface area contributed by atoms with Gasteiger partial charge in [0.1, 0.15) is 11.5 Å². The molecule has 0 saturated carbocycles. The Balaban J connectivity index is 3.10. The van der Waals surface area contributed by atoms with Crippen LogP contribution < -0.4 is 0 Å². The van der Waals surface area contributed by atoms with Crippen LogP contribution in [0, 0.1) is 0 Å². The van der Waals surface area contributed by atoms with E-state index >= 15 is 0 Å². The second kappa shape index (κ2) is 4.11. The summed E-state index contributed by atoms with van der Waals surface area (Å²) in [6.07, 6.45) is 0.207. The molecule has 0 spiro atoms. The Morgan fingerprint density at radius 2 is 2.23 bits per heavy atom. The summed E-state index contributed by atoms with van der Waals surface area (Å²) in [5.41, 5.74) is 0.556. The molecule has 0 heterocycles. The monoisotopic (exact) mass is 262 g/mol. The third kappa shape index (κ3) is 2.45. The Bertz CT molecular complexity index is 350. The van der Waals surface area contributed by atoms with E-state index in [0.29, 0.717) is 10.0 Å². The summed E-state index contributed by atoms with van der Waals surface area (Å²) < 4.78 is 0.624. The van der Waals surface area contributed by atoms with Gasteiger partial charge in [0.15, 0.2) is 0 Å². The number of halogens is 2. The van der Waals surface area contributed by atoms with Crippen molar-refractivity contribution in [3.63, 3.8) is 0 Å². The van der Waals surface area contributed by atoms with E-state index in [2.05, 4.69) is 15.9 Å². The lowest BCUT2D eigenvalue weighted by Gasteiger charge is -2.05. The quantitative estimate of drug-likeness (QED) is 0.891. The molecular weight excluding hydrogens is 255 g/mol. The Morgan fingerprint density at radius 1 is 1.62 bits per heavy atom. The second-order valence-corrected chi connectivity index (χ2v) is 3.98. The number of phenolic OH excluding ortho intramolecular Hbond substituents is 1. The molecule has 0 fully saturated rings. The second-order valence-electron chi connectivity index (χ2n) is 2.75.